The Morgan fingerprint density at radius 1 is 0.857 bits per heavy atom. The summed E-state index contributed by atoms with van der Waals surface area (Å²) >= 11 is 6.89. The lowest BCUT2D eigenvalue weighted by atomic mass is 10.1. The molecule has 0 aliphatic heterocycles. The Morgan fingerprint density at radius 3 is 1.95 bits per heavy atom. The van der Waals surface area contributed by atoms with Gasteiger partial charge in [-0.15, -0.1) is 0 Å². The standard InChI is InChI=1S/C30H43Br2N5O5/c1-36(15-7-8-16-37(2)18-10-14-34-30(39)42-22-23-11-5-4-6-12-23)17-9-13-33-29(38)27(35-40)21-24-19-25(31)28(41-3)26(32)20-24/h4-6,11-12,19-20,40H,7-10,13-18,21-22H2,1-3H3,(H,33,38)(H,34,39)/b35-27+. The SMILES string of the molecule is COc1c(Br)cc(C/C(=N\O)C(=O)NCCCN(C)CCCCN(C)CCCNC(=O)OCc2ccccc2)cc1Br. The minimum atomic E-state index is -0.388. The zero-order valence-electron chi connectivity index (χ0n) is 24.7. The van der Waals surface area contributed by atoms with E-state index in [1.165, 1.54) is 0 Å². The molecule has 0 aliphatic carbocycles. The van der Waals surface area contributed by atoms with E-state index >= 15 is 0 Å². The van der Waals surface area contributed by atoms with Crippen LogP contribution in [-0.4, -0.2) is 93.2 Å². The van der Waals surface area contributed by atoms with Crippen LogP contribution in [0.15, 0.2) is 56.6 Å². The van der Waals surface area contributed by atoms with Gasteiger partial charge in [0.15, 0.2) is 0 Å². The third-order valence-electron chi connectivity index (χ3n) is 6.55. The second kappa shape index (κ2) is 20.3. The number of benzene rings is 2. The van der Waals surface area contributed by atoms with Crippen molar-refractivity contribution in [3.05, 3.63) is 62.5 Å². The molecule has 0 radical (unpaired) electrons. The summed E-state index contributed by atoms with van der Waals surface area (Å²) in [5, 5.41) is 18.2. The van der Waals surface area contributed by atoms with Gasteiger partial charge >= 0.3 is 6.09 Å². The third kappa shape index (κ3) is 14.0. The van der Waals surface area contributed by atoms with E-state index in [4.69, 9.17) is 9.47 Å². The number of hydrogen-bond acceptors (Lipinski definition) is 8. The first-order valence-electron chi connectivity index (χ1n) is 14.1. The van der Waals surface area contributed by atoms with Gasteiger partial charge < -0.3 is 35.1 Å². The van der Waals surface area contributed by atoms with E-state index in [0.29, 0.717) is 18.8 Å². The summed E-state index contributed by atoms with van der Waals surface area (Å²) in [7, 11) is 5.75. The molecule has 0 spiro atoms. The fraction of sp³-hybridized carbons (Fsp3) is 0.500. The number of rotatable bonds is 19. The first kappa shape index (κ1) is 35.5. The van der Waals surface area contributed by atoms with Crippen LogP contribution < -0.4 is 15.4 Å². The fourth-order valence-corrected chi connectivity index (χ4v) is 5.82. The molecule has 0 atom stereocenters. The summed E-state index contributed by atoms with van der Waals surface area (Å²) in [5.74, 6) is 0.274. The zero-order valence-corrected chi connectivity index (χ0v) is 27.9. The highest BCUT2D eigenvalue weighted by atomic mass is 79.9. The van der Waals surface area contributed by atoms with Crippen LogP contribution in [0.1, 0.15) is 36.8 Å². The lowest BCUT2D eigenvalue weighted by Crippen LogP contribution is -2.34. The van der Waals surface area contributed by atoms with Crippen molar-refractivity contribution in [2.45, 2.75) is 38.7 Å². The molecule has 232 valence electrons. The Bertz CT molecular complexity index is 1110. The van der Waals surface area contributed by atoms with Crippen molar-refractivity contribution in [1.82, 2.24) is 20.4 Å². The largest absolute Gasteiger partial charge is 0.494 e. The summed E-state index contributed by atoms with van der Waals surface area (Å²) < 4.78 is 12.0. The number of unbranched alkanes of at least 4 members (excludes halogenated alkanes) is 1. The average molecular weight is 714 g/mol. The maximum absolute atomic E-state index is 12.5. The van der Waals surface area contributed by atoms with Gasteiger partial charge in [0.2, 0.25) is 0 Å². The van der Waals surface area contributed by atoms with Gasteiger partial charge in [-0.05, 0) is 121 Å². The monoisotopic (exact) mass is 711 g/mol. The van der Waals surface area contributed by atoms with Gasteiger partial charge in [-0.25, -0.2) is 4.79 Å². The summed E-state index contributed by atoms with van der Waals surface area (Å²) in [6.45, 7) is 5.08. The Labute approximate surface area is 266 Å². The molecular weight excluding hydrogens is 670 g/mol. The number of alkyl carbamates (subject to hydrolysis) is 1. The number of carbonyl (C=O) groups is 2. The molecule has 2 rings (SSSR count). The van der Waals surface area contributed by atoms with Gasteiger partial charge in [0, 0.05) is 19.5 Å². The van der Waals surface area contributed by atoms with Gasteiger partial charge in [-0.2, -0.15) is 0 Å². The van der Waals surface area contributed by atoms with E-state index in [0.717, 1.165) is 71.9 Å². The molecule has 3 N–H and O–H groups in total. The summed E-state index contributed by atoms with van der Waals surface area (Å²) in [5.41, 5.74) is 1.82. The van der Waals surface area contributed by atoms with Crippen molar-refractivity contribution in [3.63, 3.8) is 0 Å². The van der Waals surface area contributed by atoms with Gasteiger partial charge in [0.1, 0.15) is 18.1 Å². The highest BCUT2D eigenvalue weighted by Gasteiger charge is 2.15. The van der Waals surface area contributed by atoms with Crippen LogP contribution >= 0.6 is 31.9 Å². The number of hydrogen-bond donors (Lipinski definition) is 3. The number of methoxy groups -OCH3 is 1. The predicted octanol–water partition coefficient (Wildman–Crippen LogP) is 5.06. The zero-order chi connectivity index (χ0) is 30.7. The number of nitrogens with one attached hydrogen (secondary N) is 2. The molecule has 0 aromatic heterocycles. The quantitative estimate of drug-likeness (QED) is 0.0808. The third-order valence-corrected chi connectivity index (χ3v) is 7.73. The van der Waals surface area contributed by atoms with Crippen molar-refractivity contribution < 1.29 is 24.3 Å². The molecule has 42 heavy (non-hydrogen) atoms. The van der Waals surface area contributed by atoms with Gasteiger partial charge in [0.25, 0.3) is 5.91 Å². The predicted molar refractivity (Wildman–Crippen MR) is 172 cm³/mol. The van der Waals surface area contributed by atoms with Crippen LogP contribution in [0.5, 0.6) is 5.75 Å². The molecule has 0 fully saturated rings. The molecule has 0 unspecified atom stereocenters. The second-order valence-electron chi connectivity index (χ2n) is 10.1. The summed E-state index contributed by atoms with van der Waals surface area (Å²) in [6, 6.07) is 13.3. The van der Waals surface area contributed by atoms with E-state index in [1.54, 1.807) is 7.11 Å². The van der Waals surface area contributed by atoms with Crippen LogP contribution in [0.25, 0.3) is 0 Å². The minimum Gasteiger partial charge on any atom is -0.494 e. The lowest BCUT2D eigenvalue weighted by Gasteiger charge is -2.19. The second-order valence-corrected chi connectivity index (χ2v) is 11.8. The lowest BCUT2D eigenvalue weighted by molar-refractivity contribution is -0.115. The van der Waals surface area contributed by atoms with Crippen LogP contribution in [-0.2, 0) is 22.6 Å². The van der Waals surface area contributed by atoms with Crippen molar-refractivity contribution in [2.75, 3.05) is 60.5 Å². The molecule has 0 aliphatic rings. The van der Waals surface area contributed by atoms with E-state index in [9.17, 15) is 14.8 Å². The smallest absolute Gasteiger partial charge is 0.407 e. The van der Waals surface area contributed by atoms with Crippen LogP contribution in [0.4, 0.5) is 4.79 Å². The number of oxime groups is 1. The van der Waals surface area contributed by atoms with E-state index in [1.807, 2.05) is 42.5 Å². The number of halogens is 2. The van der Waals surface area contributed by atoms with Gasteiger partial charge in [0.05, 0.1) is 16.1 Å². The normalized spacial score (nSPS) is 11.5. The Morgan fingerprint density at radius 2 is 1.40 bits per heavy atom. The highest BCUT2D eigenvalue weighted by molar-refractivity contribution is 9.11. The molecule has 2 aromatic rings. The molecule has 0 saturated carbocycles. The molecule has 2 amide bonds. The molecule has 2 aromatic carbocycles. The Kier molecular flexibility index (Phi) is 17.1. The molecule has 0 bridgehead atoms. The van der Waals surface area contributed by atoms with Crippen molar-refractivity contribution in [3.8, 4) is 5.75 Å². The molecular formula is C30H43Br2N5O5. The average Bonchev–Trinajstić information content (AvgIpc) is 2.97. The summed E-state index contributed by atoms with van der Waals surface area (Å²) in [6.07, 6.45) is 3.61. The fourth-order valence-electron chi connectivity index (χ4n) is 4.22. The Balaban J connectivity index is 1.50. The van der Waals surface area contributed by atoms with Crippen LogP contribution in [0, 0.1) is 0 Å². The van der Waals surface area contributed by atoms with Gasteiger partial charge in [-0.3, -0.25) is 4.79 Å². The number of nitrogens with zero attached hydrogens (tertiary/aromatic N) is 3. The van der Waals surface area contributed by atoms with E-state index in [-0.39, 0.29) is 30.7 Å². The molecule has 0 saturated heterocycles. The molecule has 0 heterocycles. The number of carbonyl (C=O) groups excluding carboxylic acids is 2. The van der Waals surface area contributed by atoms with E-state index in [2.05, 4.69) is 71.5 Å². The number of ether oxygens (including phenoxy) is 2. The van der Waals surface area contributed by atoms with Crippen LogP contribution in [0.2, 0.25) is 0 Å². The Hall–Kier alpha value is -2.67. The number of amides is 2. The van der Waals surface area contributed by atoms with Crippen LogP contribution in [0.3, 0.4) is 0 Å². The van der Waals surface area contributed by atoms with Crippen molar-refractivity contribution in [2.24, 2.45) is 5.16 Å². The first-order valence-corrected chi connectivity index (χ1v) is 15.6. The van der Waals surface area contributed by atoms with E-state index < -0.39 is 0 Å². The van der Waals surface area contributed by atoms with Crippen molar-refractivity contribution >= 4 is 49.6 Å². The summed E-state index contributed by atoms with van der Waals surface area (Å²) in [4.78, 5) is 28.9. The first-order chi connectivity index (χ1) is 20.2. The molecule has 10 nitrogen and oxygen atoms in total. The maximum Gasteiger partial charge on any atom is 0.407 e. The highest BCUT2D eigenvalue weighted by Crippen LogP contribution is 2.34. The molecule has 12 heteroatoms. The maximum atomic E-state index is 12.5. The van der Waals surface area contributed by atoms with Crippen molar-refractivity contribution in [1.29, 1.82) is 0 Å². The topological polar surface area (TPSA) is 116 Å². The van der Waals surface area contributed by atoms with Gasteiger partial charge in [-0.1, -0.05) is 35.5 Å². The minimum absolute atomic E-state index is 0.0511.